The van der Waals surface area contributed by atoms with Crippen LogP contribution in [0.3, 0.4) is 0 Å². The van der Waals surface area contributed by atoms with Crippen LogP contribution in [0.1, 0.15) is 40.7 Å². The van der Waals surface area contributed by atoms with Crippen molar-refractivity contribution in [1.29, 1.82) is 0 Å². The Hall–Kier alpha value is -3.75. The molecular formula is C34H39N7O. The van der Waals surface area contributed by atoms with E-state index in [1.807, 2.05) is 41.6 Å². The van der Waals surface area contributed by atoms with E-state index >= 15 is 0 Å². The quantitative estimate of drug-likeness (QED) is 0.393. The standard InChI is InChI=1S/C34H39N7O/c1-22-15-26(16-25-9-10-27-19-38(2)13-14-41(27)32(22)25)30-18-36-33-31(37-30)29(17-35-33)23-5-7-24(8-6-23)34(42)40-20-28(21-40)39-11-3-4-12-39/h5-8,15-18,27-28H,3-4,9-14,19-21H2,1-2H3,(H,35,36)/t27-/m1/s1. The Morgan fingerprint density at radius 2 is 1.76 bits per heavy atom. The molecule has 0 unspecified atom stereocenters. The zero-order valence-corrected chi connectivity index (χ0v) is 24.6. The maximum absolute atomic E-state index is 13.1. The number of rotatable bonds is 4. The van der Waals surface area contributed by atoms with E-state index in [4.69, 9.17) is 9.97 Å². The van der Waals surface area contributed by atoms with Crippen LogP contribution in [-0.4, -0.2) is 101 Å². The smallest absolute Gasteiger partial charge is 0.253 e. The lowest BCUT2D eigenvalue weighted by atomic mass is 9.89. The van der Waals surface area contributed by atoms with Crippen molar-refractivity contribution in [1.82, 2.24) is 29.7 Å². The van der Waals surface area contributed by atoms with Crippen molar-refractivity contribution < 1.29 is 4.79 Å². The molecule has 6 heterocycles. The van der Waals surface area contributed by atoms with Gasteiger partial charge < -0.3 is 19.7 Å². The second kappa shape index (κ2) is 10.2. The fourth-order valence-electron chi connectivity index (χ4n) is 7.66. The molecule has 4 aliphatic rings. The van der Waals surface area contributed by atoms with Gasteiger partial charge >= 0.3 is 0 Å². The molecule has 2 aromatic carbocycles. The number of aromatic nitrogens is 3. The van der Waals surface area contributed by atoms with E-state index in [9.17, 15) is 4.79 Å². The number of H-pyrrole nitrogens is 1. The van der Waals surface area contributed by atoms with Crippen LogP contribution < -0.4 is 4.90 Å². The second-order valence-electron chi connectivity index (χ2n) is 12.8. The first-order chi connectivity index (χ1) is 20.5. The van der Waals surface area contributed by atoms with Gasteiger partial charge in [-0.3, -0.25) is 9.69 Å². The topological polar surface area (TPSA) is 71.6 Å². The number of piperazine rings is 1. The van der Waals surface area contributed by atoms with Gasteiger partial charge in [0.25, 0.3) is 5.91 Å². The Morgan fingerprint density at radius 3 is 2.57 bits per heavy atom. The molecule has 3 saturated heterocycles. The number of hydrogen-bond donors (Lipinski definition) is 1. The van der Waals surface area contributed by atoms with Gasteiger partial charge in [-0.15, -0.1) is 0 Å². The number of nitrogens with one attached hydrogen (secondary N) is 1. The minimum Gasteiger partial charge on any atom is -0.366 e. The summed E-state index contributed by atoms with van der Waals surface area (Å²) in [7, 11) is 2.23. The summed E-state index contributed by atoms with van der Waals surface area (Å²) in [5, 5.41) is 0. The molecule has 0 bridgehead atoms. The summed E-state index contributed by atoms with van der Waals surface area (Å²) in [4.78, 5) is 35.9. The molecule has 3 fully saturated rings. The number of carbonyl (C=O) groups is 1. The van der Waals surface area contributed by atoms with Gasteiger partial charge in [-0.1, -0.05) is 12.1 Å². The lowest BCUT2D eigenvalue weighted by Crippen LogP contribution is -2.60. The van der Waals surface area contributed by atoms with Crippen molar-refractivity contribution in [2.24, 2.45) is 0 Å². The van der Waals surface area contributed by atoms with E-state index in [1.165, 1.54) is 49.2 Å². The summed E-state index contributed by atoms with van der Waals surface area (Å²) in [5.74, 6) is 0.128. The number of likely N-dealkylation sites (tertiary alicyclic amines) is 2. The molecule has 0 aliphatic carbocycles. The van der Waals surface area contributed by atoms with Crippen molar-refractivity contribution in [3.8, 4) is 22.4 Å². The Morgan fingerprint density at radius 1 is 0.952 bits per heavy atom. The zero-order chi connectivity index (χ0) is 28.4. The maximum atomic E-state index is 13.1. The molecular weight excluding hydrogens is 522 g/mol. The first kappa shape index (κ1) is 25.9. The first-order valence-electron chi connectivity index (χ1n) is 15.6. The Balaban J connectivity index is 1.04. The molecule has 1 amide bonds. The molecule has 1 N–H and O–H groups in total. The van der Waals surface area contributed by atoms with Crippen LogP contribution in [0.2, 0.25) is 0 Å². The Kier molecular flexibility index (Phi) is 6.30. The maximum Gasteiger partial charge on any atom is 0.253 e. The highest BCUT2D eigenvalue weighted by atomic mass is 16.2. The summed E-state index contributed by atoms with van der Waals surface area (Å²) in [6.45, 7) is 9.65. The molecule has 216 valence electrons. The Labute approximate surface area is 247 Å². The van der Waals surface area contributed by atoms with E-state index in [2.05, 4.69) is 45.8 Å². The van der Waals surface area contributed by atoms with Gasteiger partial charge in [-0.25, -0.2) is 9.97 Å². The molecule has 4 aliphatic heterocycles. The summed E-state index contributed by atoms with van der Waals surface area (Å²) in [6.07, 6.45) is 8.74. The predicted molar refractivity (Wildman–Crippen MR) is 167 cm³/mol. The number of aromatic amines is 1. The summed E-state index contributed by atoms with van der Waals surface area (Å²) in [6, 6.07) is 13.8. The minimum absolute atomic E-state index is 0.128. The second-order valence-corrected chi connectivity index (χ2v) is 12.8. The van der Waals surface area contributed by atoms with Crippen LogP contribution in [0.5, 0.6) is 0 Å². The lowest BCUT2D eigenvalue weighted by molar-refractivity contribution is 0.0334. The average molecular weight is 562 g/mol. The zero-order valence-electron chi connectivity index (χ0n) is 24.6. The molecule has 1 atom stereocenters. The van der Waals surface area contributed by atoms with Gasteiger partial charge in [-0.2, -0.15) is 0 Å². The predicted octanol–water partition coefficient (Wildman–Crippen LogP) is 4.59. The molecule has 0 saturated carbocycles. The van der Waals surface area contributed by atoms with Gasteiger partial charge in [0, 0.05) is 73.4 Å². The van der Waals surface area contributed by atoms with Crippen LogP contribution >= 0.6 is 0 Å². The number of hydrogen-bond acceptors (Lipinski definition) is 6. The number of likely N-dealkylation sites (N-methyl/N-ethyl adjacent to an activating group) is 1. The third-order valence-electron chi connectivity index (χ3n) is 10.0. The molecule has 2 aromatic heterocycles. The molecule has 0 radical (unpaired) electrons. The van der Waals surface area contributed by atoms with Crippen LogP contribution in [-0.2, 0) is 6.42 Å². The normalized spacial score (nSPS) is 21.4. The van der Waals surface area contributed by atoms with Gasteiger partial charge in [0.2, 0.25) is 0 Å². The van der Waals surface area contributed by atoms with Gasteiger partial charge in [0.1, 0.15) is 5.52 Å². The minimum atomic E-state index is 0.128. The van der Waals surface area contributed by atoms with Crippen molar-refractivity contribution in [2.45, 2.75) is 44.7 Å². The van der Waals surface area contributed by atoms with Crippen LogP contribution in [0.25, 0.3) is 33.5 Å². The van der Waals surface area contributed by atoms with E-state index in [1.54, 1.807) is 0 Å². The van der Waals surface area contributed by atoms with Crippen molar-refractivity contribution >= 4 is 22.8 Å². The van der Waals surface area contributed by atoms with Gasteiger partial charge in [0.05, 0.1) is 11.9 Å². The highest BCUT2D eigenvalue weighted by Crippen LogP contribution is 2.38. The van der Waals surface area contributed by atoms with Crippen LogP contribution in [0.15, 0.2) is 48.8 Å². The van der Waals surface area contributed by atoms with E-state index in [0.717, 1.165) is 78.3 Å². The molecule has 0 spiro atoms. The summed E-state index contributed by atoms with van der Waals surface area (Å²) < 4.78 is 0. The summed E-state index contributed by atoms with van der Waals surface area (Å²) >= 11 is 0. The lowest BCUT2D eigenvalue weighted by Gasteiger charge is -2.46. The van der Waals surface area contributed by atoms with E-state index in [0.29, 0.717) is 12.1 Å². The number of anilines is 1. The number of benzene rings is 2. The van der Waals surface area contributed by atoms with Crippen molar-refractivity contribution in [3.05, 3.63) is 65.5 Å². The summed E-state index contributed by atoms with van der Waals surface area (Å²) in [5.41, 5.74) is 10.6. The number of carbonyl (C=O) groups excluding carboxylic acids is 1. The van der Waals surface area contributed by atoms with Crippen LogP contribution in [0.4, 0.5) is 5.69 Å². The molecule has 42 heavy (non-hydrogen) atoms. The number of amides is 1. The number of fused-ring (bicyclic) bond motifs is 4. The van der Waals surface area contributed by atoms with Gasteiger partial charge in [0.15, 0.2) is 5.65 Å². The van der Waals surface area contributed by atoms with Crippen molar-refractivity contribution in [3.63, 3.8) is 0 Å². The van der Waals surface area contributed by atoms with Crippen molar-refractivity contribution in [2.75, 3.05) is 57.8 Å². The van der Waals surface area contributed by atoms with E-state index in [-0.39, 0.29) is 5.91 Å². The first-order valence-corrected chi connectivity index (χ1v) is 15.6. The fraction of sp³-hybridized carbons (Fsp3) is 0.441. The third kappa shape index (κ3) is 4.39. The molecule has 8 nitrogen and oxygen atoms in total. The fourth-order valence-corrected chi connectivity index (χ4v) is 7.66. The highest BCUT2D eigenvalue weighted by Gasteiger charge is 2.36. The van der Waals surface area contributed by atoms with Crippen LogP contribution in [0, 0.1) is 6.92 Å². The molecule has 8 rings (SSSR count). The third-order valence-corrected chi connectivity index (χ3v) is 10.0. The van der Waals surface area contributed by atoms with Gasteiger partial charge in [-0.05, 0) is 93.7 Å². The Bertz CT molecular complexity index is 1650. The monoisotopic (exact) mass is 561 g/mol. The molecule has 8 heteroatoms. The number of nitrogens with zero attached hydrogens (tertiary/aromatic N) is 6. The van der Waals surface area contributed by atoms with E-state index < -0.39 is 0 Å². The highest BCUT2D eigenvalue weighted by molar-refractivity contribution is 5.96. The molecule has 4 aromatic rings. The average Bonchev–Trinajstić information content (AvgIpc) is 3.66. The number of aryl methyl sites for hydroxylation is 2. The SMILES string of the molecule is Cc1cc(-c2cnc3[nH]cc(-c4ccc(C(=O)N5CC(N6CCCC6)C5)cc4)c3n2)cc2c1N1CCN(C)C[C@H]1CC2. The largest absolute Gasteiger partial charge is 0.366 e.